The highest BCUT2D eigenvalue weighted by Crippen LogP contribution is 2.58. The van der Waals surface area contributed by atoms with Gasteiger partial charge in [0.05, 0.1) is 30.4 Å². The Kier molecular flexibility index (Phi) is 8.44. The van der Waals surface area contributed by atoms with Crippen LogP contribution in [0.5, 0.6) is 0 Å². The van der Waals surface area contributed by atoms with Gasteiger partial charge in [-0.05, 0) is 30.4 Å². The molecule has 19 nitrogen and oxygen atoms in total. The van der Waals surface area contributed by atoms with E-state index in [4.69, 9.17) is 45.1 Å². The molecule has 1 aromatic carbocycles. The maximum atomic E-state index is 13.6. The molecule has 0 saturated carbocycles. The van der Waals surface area contributed by atoms with E-state index in [2.05, 4.69) is 32.2 Å². The van der Waals surface area contributed by atoms with E-state index in [1.54, 1.807) is 25.1 Å². The molecule has 4 aromatic rings. The number of hydrogen-bond acceptors (Lipinski definition) is 16. The van der Waals surface area contributed by atoms with E-state index in [9.17, 15) is 29.3 Å². The summed E-state index contributed by atoms with van der Waals surface area (Å²) in [6.07, 6.45) is -9.12. The summed E-state index contributed by atoms with van der Waals surface area (Å²) in [6.45, 7) is -8.11. The number of thiol groups is 1. The predicted molar refractivity (Wildman–Crippen MR) is 168 cm³/mol. The number of H-pyrrole nitrogens is 1. The molecule has 10 atom stereocenters. The van der Waals surface area contributed by atoms with E-state index in [0.717, 1.165) is 4.57 Å². The molecule has 3 fully saturated rings. The Balaban J connectivity index is 1.21. The van der Waals surface area contributed by atoms with Gasteiger partial charge in [-0.25, -0.2) is 14.5 Å². The largest absolute Gasteiger partial charge is 0.387 e. The Bertz CT molecular complexity index is 2100. The first kappa shape index (κ1) is 32.9. The zero-order chi connectivity index (χ0) is 33.4. The molecule has 0 aliphatic carbocycles. The molecule has 3 aliphatic rings. The number of aromatic nitrogens is 6. The summed E-state index contributed by atoms with van der Waals surface area (Å²) in [4.78, 5) is 51.6. The molecule has 47 heavy (non-hydrogen) atoms. The number of benzene rings is 1. The van der Waals surface area contributed by atoms with Crippen LogP contribution in [-0.2, 0) is 43.9 Å². The van der Waals surface area contributed by atoms with Crippen LogP contribution in [0.15, 0.2) is 40.4 Å². The molecular formula is C24H27N7O12P2S2. The lowest BCUT2D eigenvalue weighted by Crippen LogP contribution is -2.37. The third kappa shape index (κ3) is 5.99. The van der Waals surface area contributed by atoms with Gasteiger partial charge in [-0.15, -0.1) is 0 Å². The molecule has 6 N–H and O–H groups in total. The number of anilines is 1. The fourth-order valence-corrected chi connectivity index (χ4v) is 8.67. The summed E-state index contributed by atoms with van der Waals surface area (Å²) in [5.41, 5.74) is 5.47. The van der Waals surface area contributed by atoms with Crippen molar-refractivity contribution in [2.45, 2.75) is 56.0 Å². The van der Waals surface area contributed by atoms with E-state index in [1.807, 2.05) is 0 Å². The van der Waals surface area contributed by atoms with Crippen LogP contribution in [0.2, 0.25) is 0 Å². The van der Waals surface area contributed by atoms with Gasteiger partial charge in [0.1, 0.15) is 43.0 Å². The quantitative estimate of drug-likeness (QED) is 0.117. The summed E-state index contributed by atoms with van der Waals surface area (Å²) < 4.78 is 50.2. The maximum absolute atomic E-state index is 13.6. The molecule has 0 spiro atoms. The van der Waals surface area contributed by atoms with Gasteiger partial charge in [0.2, 0.25) is 5.95 Å². The first-order valence-electron chi connectivity index (χ1n) is 13.9. The van der Waals surface area contributed by atoms with Crippen molar-refractivity contribution in [2.24, 2.45) is 0 Å². The lowest BCUT2D eigenvalue weighted by atomic mass is 10.1. The van der Waals surface area contributed by atoms with Crippen molar-refractivity contribution >= 4 is 65.6 Å². The Morgan fingerprint density at radius 3 is 2.53 bits per heavy atom. The molecule has 2 bridgehead atoms. The molecule has 6 heterocycles. The Morgan fingerprint density at radius 2 is 1.74 bits per heavy atom. The number of fused-ring (bicyclic) bond motifs is 5. The van der Waals surface area contributed by atoms with Crippen LogP contribution < -0.4 is 16.9 Å². The Labute approximate surface area is 273 Å². The highest BCUT2D eigenvalue weighted by molar-refractivity contribution is 8.44. The highest BCUT2D eigenvalue weighted by atomic mass is 32.7. The molecule has 252 valence electrons. The average molecular weight is 732 g/mol. The van der Waals surface area contributed by atoms with Crippen molar-refractivity contribution in [2.75, 3.05) is 18.9 Å². The van der Waals surface area contributed by atoms with E-state index >= 15 is 0 Å². The topological polar surface area (TPSA) is 258 Å². The zero-order valence-corrected chi connectivity index (χ0v) is 27.5. The monoisotopic (exact) mass is 731 g/mol. The first-order chi connectivity index (χ1) is 22.2. The van der Waals surface area contributed by atoms with Crippen LogP contribution in [-0.4, -0.2) is 94.0 Å². The normalized spacial score (nSPS) is 36.5. The molecule has 3 saturated heterocycles. The molecule has 7 rings (SSSR count). The molecule has 0 radical (unpaired) electrons. The first-order valence-corrected chi connectivity index (χ1v) is 19.2. The van der Waals surface area contributed by atoms with Gasteiger partial charge in [-0.2, -0.15) is 4.98 Å². The second-order valence-corrected chi connectivity index (χ2v) is 16.6. The fourth-order valence-electron chi connectivity index (χ4n) is 5.77. The second-order valence-electron chi connectivity index (χ2n) is 11.0. The maximum Gasteiger partial charge on any atom is 0.386 e. The number of ether oxygens (including phenoxy) is 2. The van der Waals surface area contributed by atoms with Gasteiger partial charge in [0.15, 0.2) is 23.6 Å². The number of nitrogens with two attached hydrogens (primary N) is 1. The summed E-state index contributed by atoms with van der Waals surface area (Å²) in [5.74, 6) is -0.230. The van der Waals surface area contributed by atoms with Crippen molar-refractivity contribution < 1.29 is 47.2 Å². The van der Waals surface area contributed by atoms with Crippen molar-refractivity contribution in [3.05, 3.63) is 57.1 Å². The van der Waals surface area contributed by atoms with Gasteiger partial charge in [-0.3, -0.25) is 37.3 Å². The van der Waals surface area contributed by atoms with Crippen molar-refractivity contribution in [1.29, 1.82) is 0 Å². The number of nitrogen functional groups attached to an aromatic ring is 1. The van der Waals surface area contributed by atoms with Crippen LogP contribution in [0.25, 0.3) is 22.1 Å². The van der Waals surface area contributed by atoms with Crippen molar-refractivity contribution in [3.8, 4) is 0 Å². The smallest absolute Gasteiger partial charge is 0.386 e. The fraction of sp³-hybridized carbons (Fsp3) is 0.458. The second kappa shape index (κ2) is 12.1. The third-order valence-corrected chi connectivity index (χ3v) is 11.1. The van der Waals surface area contributed by atoms with E-state index < -0.39 is 86.9 Å². The molecule has 0 amide bonds. The van der Waals surface area contributed by atoms with E-state index in [-0.39, 0.29) is 17.1 Å². The lowest BCUT2D eigenvalue weighted by Gasteiger charge is -2.27. The van der Waals surface area contributed by atoms with Gasteiger partial charge in [-0.1, -0.05) is 24.4 Å². The van der Waals surface area contributed by atoms with Crippen molar-refractivity contribution in [3.63, 3.8) is 0 Å². The number of aliphatic hydroxyl groups is 2. The third-order valence-electron chi connectivity index (χ3n) is 7.96. The van der Waals surface area contributed by atoms with Crippen LogP contribution in [0, 0.1) is 6.92 Å². The van der Waals surface area contributed by atoms with Gasteiger partial charge < -0.3 is 34.8 Å². The molecular weight excluding hydrogens is 704 g/mol. The SMILES string of the molecule is Cc1cccc2ncn([C@@H]3O[C@@H]4COP(=O)(S)O[C@@H]5[C@H](O)[C@@H](COP(O)(=S)O[C@H]4[C@H]3O)O[C@H]5n3cnc4c(=O)[nH]c(N)nc43)c(=O)c12. The molecule has 3 aromatic heterocycles. The van der Waals surface area contributed by atoms with Gasteiger partial charge in [0.25, 0.3) is 11.1 Å². The molecule has 23 heteroatoms. The van der Waals surface area contributed by atoms with Gasteiger partial charge in [0, 0.05) is 0 Å². The number of aliphatic hydroxyl groups excluding tert-OH is 2. The predicted octanol–water partition coefficient (Wildman–Crippen LogP) is 0.00882. The molecule has 2 unspecified atom stereocenters. The summed E-state index contributed by atoms with van der Waals surface area (Å²) in [7, 11) is 0. The minimum absolute atomic E-state index is 0.0406. The van der Waals surface area contributed by atoms with Crippen molar-refractivity contribution in [1.82, 2.24) is 29.1 Å². The highest BCUT2D eigenvalue weighted by Gasteiger charge is 2.53. The number of aryl methyl sites for hydroxylation is 1. The summed E-state index contributed by atoms with van der Waals surface area (Å²) in [5, 5.41) is 22.8. The van der Waals surface area contributed by atoms with Crippen LogP contribution in [0.3, 0.4) is 0 Å². The Hall–Kier alpha value is -2.62. The summed E-state index contributed by atoms with van der Waals surface area (Å²) >= 11 is 9.29. The van der Waals surface area contributed by atoms with Crippen LogP contribution >= 0.6 is 25.8 Å². The average Bonchev–Trinajstić information content (AvgIpc) is 3.65. The minimum atomic E-state index is -4.41. The number of nitrogens with one attached hydrogen (secondary N) is 1. The number of imidazole rings is 1. The van der Waals surface area contributed by atoms with Crippen LogP contribution in [0.1, 0.15) is 18.0 Å². The minimum Gasteiger partial charge on any atom is -0.387 e. The van der Waals surface area contributed by atoms with E-state index in [1.165, 1.54) is 17.2 Å². The number of hydrogen-bond donors (Lipinski definition) is 6. The zero-order valence-electron chi connectivity index (χ0n) is 24.0. The van der Waals surface area contributed by atoms with Crippen LogP contribution in [0.4, 0.5) is 5.95 Å². The standard InChI is InChI=1S/C24H27N7O12P2S2/c1-9-3-2-4-10-13(9)21(35)31(7-26-10)22-16(33)17-12(41-22)6-39-45(37,47)43-18-15(32)11(5-38-44(36,46)42-17)40-23(18)30-8-27-14-19(30)28-24(25)29-20(14)34/h2-4,7-8,11-12,15-18,22-23,32-33H,5-6H2,1H3,(H,36,46)(H,37,47)(H3,25,28,29,34)/t11-,12-,15-,16-,17-,18-,22-,23-,44?,45?/m1/s1. The van der Waals surface area contributed by atoms with E-state index in [0.29, 0.717) is 16.5 Å². The Morgan fingerprint density at radius 1 is 1.02 bits per heavy atom. The molecule has 3 aliphatic heterocycles. The summed E-state index contributed by atoms with van der Waals surface area (Å²) in [6, 6.07) is 5.14. The lowest BCUT2D eigenvalue weighted by molar-refractivity contribution is -0.0601. The number of aromatic amines is 1. The van der Waals surface area contributed by atoms with Gasteiger partial charge >= 0.3 is 13.5 Å². The number of nitrogens with zero attached hydrogens (tertiary/aromatic N) is 5. The number of rotatable bonds is 2.